The van der Waals surface area contributed by atoms with Crippen molar-refractivity contribution in [1.29, 1.82) is 0 Å². The second-order valence-electron chi connectivity index (χ2n) is 16.8. The molecular formula is C47H90N2O6P+. The summed E-state index contributed by atoms with van der Waals surface area (Å²) in [6, 6.07) is -0.874. The predicted octanol–water partition coefficient (Wildman–Crippen LogP) is 12.9. The van der Waals surface area contributed by atoms with E-state index in [1.165, 1.54) is 109 Å². The number of likely N-dealkylation sites (N-methyl/N-ethyl adjacent to an activating group) is 1. The number of aliphatic hydroxyl groups is 1. The summed E-state index contributed by atoms with van der Waals surface area (Å²) in [6.07, 6.45) is 49.2. The van der Waals surface area contributed by atoms with Crippen LogP contribution < -0.4 is 5.32 Å². The molecule has 0 aliphatic carbocycles. The van der Waals surface area contributed by atoms with Gasteiger partial charge >= 0.3 is 7.82 Å². The van der Waals surface area contributed by atoms with Gasteiger partial charge in [-0.2, -0.15) is 0 Å². The molecule has 8 nitrogen and oxygen atoms in total. The summed E-state index contributed by atoms with van der Waals surface area (Å²) in [7, 11) is 1.53. The van der Waals surface area contributed by atoms with Crippen LogP contribution in [0.5, 0.6) is 0 Å². The van der Waals surface area contributed by atoms with E-state index >= 15 is 0 Å². The molecular weight excluding hydrogens is 719 g/mol. The molecule has 3 unspecified atom stereocenters. The molecule has 328 valence electrons. The van der Waals surface area contributed by atoms with Gasteiger partial charge in [0.1, 0.15) is 13.2 Å². The molecule has 0 aliphatic rings. The van der Waals surface area contributed by atoms with E-state index in [-0.39, 0.29) is 19.1 Å². The van der Waals surface area contributed by atoms with Crippen molar-refractivity contribution in [2.45, 2.75) is 206 Å². The fraction of sp³-hybridized carbons (Fsp3) is 0.809. The molecule has 0 spiro atoms. The summed E-state index contributed by atoms with van der Waals surface area (Å²) in [5.41, 5.74) is 0. The molecule has 0 aromatic rings. The van der Waals surface area contributed by atoms with Gasteiger partial charge in [0.25, 0.3) is 0 Å². The number of aliphatic hydroxyl groups excluding tert-OH is 1. The minimum atomic E-state index is -4.35. The van der Waals surface area contributed by atoms with Gasteiger partial charge < -0.3 is 19.8 Å². The highest BCUT2D eigenvalue weighted by molar-refractivity contribution is 7.47. The van der Waals surface area contributed by atoms with Gasteiger partial charge in [0, 0.05) is 6.42 Å². The lowest BCUT2D eigenvalue weighted by molar-refractivity contribution is -0.870. The quantitative estimate of drug-likeness (QED) is 0.0246. The first kappa shape index (κ1) is 54.5. The topological polar surface area (TPSA) is 105 Å². The largest absolute Gasteiger partial charge is 0.472 e. The van der Waals surface area contributed by atoms with E-state index in [9.17, 15) is 19.4 Å². The van der Waals surface area contributed by atoms with Gasteiger partial charge in [0.15, 0.2) is 0 Å². The monoisotopic (exact) mass is 810 g/mol. The molecule has 0 saturated heterocycles. The second kappa shape index (κ2) is 38.9. The minimum Gasteiger partial charge on any atom is -0.387 e. The maximum Gasteiger partial charge on any atom is 0.472 e. The number of carbonyl (C=O) groups is 1. The van der Waals surface area contributed by atoms with Crippen LogP contribution in [0.1, 0.15) is 194 Å². The first-order valence-electron chi connectivity index (χ1n) is 23.0. The fourth-order valence-corrected chi connectivity index (χ4v) is 7.02. The Balaban J connectivity index is 4.37. The zero-order valence-electron chi connectivity index (χ0n) is 37.1. The van der Waals surface area contributed by atoms with Gasteiger partial charge in [0.2, 0.25) is 5.91 Å². The predicted molar refractivity (Wildman–Crippen MR) is 240 cm³/mol. The van der Waals surface area contributed by atoms with E-state index in [1.807, 2.05) is 27.2 Å². The highest BCUT2D eigenvalue weighted by Gasteiger charge is 2.27. The Kier molecular flexibility index (Phi) is 37.9. The number of nitrogens with zero attached hydrogens (tertiary/aromatic N) is 1. The highest BCUT2D eigenvalue weighted by Crippen LogP contribution is 2.43. The molecule has 0 aliphatic heterocycles. The number of rotatable bonds is 41. The average Bonchev–Trinajstić information content (AvgIpc) is 3.15. The van der Waals surface area contributed by atoms with E-state index in [1.54, 1.807) is 6.08 Å². The van der Waals surface area contributed by atoms with E-state index in [4.69, 9.17) is 9.05 Å². The van der Waals surface area contributed by atoms with Crippen molar-refractivity contribution < 1.29 is 32.9 Å². The van der Waals surface area contributed by atoms with Crippen LogP contribution in [0.4, 0.5) is 0 Å². The Morgan fingerprint density at radius 3 is 1.48 bits per heavy atom. The Morgan fingerprint density at radius 1 is 0.589 bits per heavy atom. The molecule has 0 radical (unpaired) electrons. The smallest absolute Gasteiger partial charge is 0.387 e. The van der Waals surface area contributed by atoms with Crippen molar-refractivity contribution in [3.63, 3.8) is 0 Å². The summed E-state index contributed by atoms with van der Waals surface area (Å²) < 4.78 is 23.5. The molecule has 0 fully saturated rings. The zero-order valence-corrected chi connectivity index (χ0v) is 38.0. The standard InChI is InChI=1S/C47H89N2O6P/c1-6-8-10-12-14-16-18-19-20-21-22-23-24-25-26-27-28-29-30-31-32-34-36-38-40-46(50)45(44-55-56(52,53)54-43-42-49(3,4)5)48-47(51)41-39-37-35-33-17-15-13-11-9-7-2/h13,15,27-28,31-32,38,40,45-46,50H,6-12,14,16-26,29-30,33-37,39,41-44H2,1-5H3,(H-,48,51,52,53)/p+1/b15-13-,28-27+,32-31+,40-38+. The van der Waals surface area contributed by atoms with E-state index in [2.05, 4.69) is 55.6 Å². The highest BCUT2D eigenvalue weighted by atomic mass is 31.2. The molecule has 0 rings (SSSR count). The molecule has 3 N–H and O–H groups in total. The maximum absolute atomic E-state index is 12.8. The van der Waals surface area contributed by atoms with Crippen LogP contribution in [0.2, 0.25) is 0 Å². The number of nitrogens with one attached hydrogen (secondary N) is 1. The van der Waals surface area contributed by atoms with Crippen LogP contribution in [0.15, 0.2) is 48.6 Å². The van der Waals surface area contributed by atoms with Crippen LogP contribution in [-0.4, -0.2) is 73.4 Å². The van der Waals surface area contributed by atoms with Crippen molar-refractivity contribution in [3.05, 3.63) is 48.6 Å². The van der Waals surface area contributed by atoms with Crippen molar-refractivity contribution in [2.75, 3.05) is 40.9 Å². The first-order chi connectivity index (χ1) is 27.0. The summed E-state index contributed by atoms with van der Waals surface area (Å²) in [4.78, 5) is 23.0. The summed E-state index contributed by atoms with van der Waals surface area (Å²) in [5.74, 6) is -0.208. The third-order valence-corrected chi connectivity index (χ3v) is 11.0. The Hall–Kier alpha value is -1.54. The number of hydrogen-bond acceptors (Lipinski definition) is 5. The number of phosphoric ester groups is 1. The first-order valence-corrected chi connectivity index (χ1v) is 24.5. The Labute approximate surface area is 346 Å². The van der Waals surface area contributed by atoms with Crippen LogP contribution in [0.3, 0.4) is 0 Å². The number of phosphoric acid groups is 1. The number of allylic oxidation sites excluding steroid dienone is 7. The van der Waals surface area contributed by atoms with Crippen LogP contribution in [0.25, 0.3) is 0 Å². The van der Waals surface area contributed by atoms with Crippen molar-refractivity contribution >= 4 is 13.7 Å². The molecule has 0 aromatic carbocycles. The minimum absolute atomic E-state index is 0.0502. The van der Waals surface area contributed by atoms with Gasteiger partial charge in [-0.25, -0.2) is 4.57 Å². The third-order valence-electron chi connectivity index (χ3n) is 10.00. The molecule has 0 heterocycles. The molecule has 9 heteroatoms. The van der Waals surface area contributed by atoms with Gasteiger partial charge in [0.05, 0.1) is 39.9 Å². The zero-order chi connectivity index (χ0) is 41.4. The molecule has 3 atom stereocenters. The van der Waals surface area contributed by atoms with Crippen LogP contribution >= 0.6 is 7.82 Å². The second-order valence-corrected chi connectivity index (χ2v) is 18.2. The number of hydrogen-bond donors (Lipinski definition) is 3. The lowest BCUT2D eigenvalue weighted by atomic mass is 10.0. The Bertz CT molecular complexity index is 1050. The van der Waals surface area contributed by atoms with E-state index in [0.29, 0.717) is 17.4 Å². The van der Waals surface area contributed by atoms with Gasteiger partial charge in [-0.3, -0.25) is 13.8 Å². The van der Waals surface area contributed by atoms with Crippen LogP contribution in [0, 0.1) is 0 Å². The Morgan fingerprint density at radius 2 is 1.00 bits per heavy atom. The number of unbranched alkanes of at least 4 members (excludes halogenated alkanes) is 22. The van der Waals surface area contributed by atoms with Crippen LogP contribution in [-0.2, 0) is 18.4 Å². The number of carbonyl (C=O) groups excluding carboxylic acids is 1. The molecule has 0 aromatic heterocycles. The van der Waals surface area contributed by atoms with Crippen molar-refractivity contribution in [2.24, 2.45) is 0 Å². The van der Waals surface area contributed by atoms with Gasteiger partial charge in [-0.1, -0.05) is 172 Å². The number of amides is 1. The molecule has 0 bridgehead atoms. The third kappa shape index (κ3) is 40.6. The molecule has 56 heavy (non-hydrogen) atoms. The van der Waals surface area contributed by atoms with Crippen molar-refractivity contribution in [3.8, 4) is 0 Å². The van der Waals surface area contributed by atoms with Gasteiger partial charge in [-0.15, -0.1) is 0 Å². The molecule has 1 amide bonds. The van der Waals surface area contributed by atoms with E-state index in [0.717, 1.165) is 64.2 Å². The summed E-state index contributed by atoms with van der Waals surface area (Å²) in [5, 5.41) is 13.8. The lowest BCUT2D eigenvalue weighted by Gasteiger charge is -2.25. The summed E-state index contributed by atoms with van der Waals surface area (Å²) >= 11 is 0. The molecule has 0 saturated carbocycles. The SMILES string of the molecule is CCCC/C=C\CCCCCCC(=O)NC(COP(=O)(O)OCC[N+](C)(C)C)C(O)/C=C/CC/C=C/CC/C=C/CCCCCCCCCCCCCCCC. The fourth-order valence-electron chi connectivity index (χ4n) is 6.29. The normalized spacial score (nSPS) is 14.8. The van der Waals surface area contributed by atoms with E-state index < -0.39 is 20.0 Å². The maximum atomic E-state index is 12.8. The average molecular weight is 810 g/mol. The lowest BCUT2D eigenvalue weighted by Crippen LogP contribution is -2.45. The van der Waals surface area contributed by atoms with Gasteiger partial charge in [-0.05, 0) is 64.2 Å². The number of quaternary nitrogens is 1. The summed E-state index contributed by atoms with van der Waals surface area (Å²) in [6.45, 7) is 4.72. The van der Waals surface area contributed by atoms with Crippen molar-refractivity contribution in [1.82, 2.24) is 5.32 Å².